The molecule has 0 bridgehead atoms. The van der Waals surface area contributed by atoms with Crippen LogP contribution in [0.4, 0.5) is 9.80 Å². The molecule has 1 aliphatic rings. The van der Waals surface area contributed by atoms with Crippen molar-refractivity contribution in [3.63, 3.8) is 0 Å². The first-order valence-corrected chi connectivity index (χ1v) is 11.0. The molecule has 1 N–H and O–H groups in total. The number of ether oxygens (including phenoxy) is 2. The van der Waals surface area contributed by atoms with Gasteiger partial charge in [0.15, 0.2) is 0 Å². The van der Waals surface area contributed by atoms with Gasteiger partial charge < -0.3 is 19.7 Å². The van der Waals surface area contributed by atoms with Crippen molar-refractivity contribution in [1.29, 1.82) is 0 Å². The number of hydrogen-bond donors (Lipinski definition) is 1. The summed E-state index contributed by atoms with van der Waals surface area (Å²) in [5.74, 6) is -0.745. The molecule has 1 aromatic rings. The van der Waals surface area contributed by atoms with Gasteiger partial charge in [-0.1, -0.05) is 13.3 Å². The molecule has 0 aromatic carbocycles. The summed E-state index contributed by atoms with van der Waals surface area (Å²) in [7, 11) is 0. The molecule has 2 heterocycles. The van der Waals surface area contributed by atoms with E-state index in [1.54, 1.807) is 11.8 Å². The second-order valence-corrected chi connectivity index (χ2v) is 9.29. The minimum absolute atomic E-state index is 0.121. The van der Waals surface area contributed by atoms with Crippen LogP contribution in [-0.4, -0.2) is 48.2 Å². The van der Waals surface area contributed by atoms with Crippen molar-refractivity contribution in [1.82, 2.24) is 4.90 Å². The van der Waals surface area contributed by atoms with Crippen molar-refractivity contribution < 1.29 is 23.9 Å². The van der Waals surface area contributed by atoms with Crippen molar-refractivity contribution in [3.05, 3.63) is 16.5 Å². The molecule has 0 radical (unpaired) electrons. The number of hydrogen-bond acceptors (Lipinski definition) is 6. The van der Waals surface area contributed by atoms with E-state index in [1.807, 2.05) is 26.8 Å². The molecule has 2 rings (SSSR count). The lowest BCUT2D eigenvalue weighted by atomic mass is 9.96. The van der Waals surface area contributed by atoms with Gasteiger partial charge in [0.2, 0.25) is 5.91 Å². The van der Waals surface area contributed by atoms with E-state index in [0.717, 1.165) is 17.7 Å². The fourth-order valence-electron chi connectivity index (χ4n) is 3.13. The van der Waals surface area contributed by atoms with Crippen LogP contribution in [-0.2, 0) is 20.7 Å². The number of esters is 1. The van der Waals surface area contributed by atoms with Crippen LogP contribution in [0.5, 0.6) is 0 Å². The van der Waals surface area contributed by atoms with Crippen LogP contribution in [0.25, 0.3) is 0 Å². The highest BCUT2D eigenvalue weighted by atomic mass is 32.1. The zero-order chi connectivity index (χ0) is 21.6. The zero-order valence-electron chi connectivity index (χ0n) is 18.0. The molecule has 1 aliphatic heterocycles. The minimum atomic E-state index is -0.538. The van der Waals surface area contributed by atoms with Gasteiger partial charge in [-0.2, -0.15) is 0 Å². The van der Waals surface area contributed by atoms with E-state index < -0.39 is 11.6 Å². The highest BCUT2D eigenvalue weighted by Crippen LogP contribution is 2.31. The van der Waals surface area contributed by atoms with Crippen LogP contribution in [0.2, 0.25) is 0 Å². The molecule has 0 atom stereocenters. The van der Waals surface area contributed by atoms with Gasteiger partial charge in [-0.25, -0.2) is 9.59 Å². The highest BCUT2D eigenvalue weighted by molar-refractivity contribution is 7.16. The second kappa shape index (κ2) is 10.1. The Balaban J connectivity index is 1.99. The molecule has 1 aromatic heterocycles. The van der Waals surface area contributed by atoms with Crippen molar-refractivity contribution in [2.24, 2.45) is 5.92 Å². The van der Waals surface area contributed by atoms with Gasteiger partial charge in [0.1, 0.15) is 10.6 Å². The highest BCUT2D eigenvalue weighted by Gasteiger charge is 2.31. The molecular weight excluding hydrogens is 392 g/mol. The maximum atomic E-state index is 12.8. The van der Waals surface area contributed by atoms with E-state index in [4.69, 9.17) is 9.47 Å². The molecule has 7 nitrogen and oxygen atoms in total. The molecule has 1 saturated heterocycles. The summed E-state index contributed by atoms with van der Waals surface area (Å²) >= 11 is 1.43. The number of nitrogens with one attached hydrogen (secondary N) is 1. The number of piperidine rings is 1. The number of rotatable bonds is 6. The maximum Gasteiger partial charge on any atom is 0.410 e. The number of carbonyl (C=O) groups excluding carboxylic acids is 3. The van der Waals surface area contributed by atoms with E-state index in [0.29, 0.717) is 36.5 Å². The van der Waals surface area contributed by atoms with Crippen LogP contribution >= 0.6 is 11.3 Å². The van der Waals surface area contributed by atoms with Gasteiger partial charge in [0.05, 0.1) is 12.2 Å². The first-order chi connectivity index (χ1) is 13.6. The van der Waals surface area contributed by atoms with Crippen molar-refractivity contribution in [2.75, 3.05) is 25.0 Å². The second-order valence-electron chi connectivity index (χ2n) is 8.16. The number of anilines is 1. The van der Waals surface area contributed by atoms with Crippen LogP contribution in [0, 0.1) is 5.92 Å². The van der Waals surface area contributed by atoms with E-state index in [2.05, 4.69) is 12.2 Å². The number of thiophene rings is 1. The van der Waals surface area contributed by atoms with Gasteiger partial charge >= 0.3 is 12.1 Å². The quantitative estimate of drug-likeness (QED) is 0.682. The maximum absolute atomic E-state index is 12.8. The topological polar surface area (TPSA) is 84.9 Å². The molecule has 0 aliphatic carbocycles. The number of aryl methyl sites for hydroxylation is 1. The van der Waals surface area contributed by atoms with Crippen molar-refractivity contribution in [3.8, 4) is 0 Å². The van der Waals surface area contributed by atoms with E-state index in [9.17, 15) is 14.4 Å². The summed E-state index contributed by atoms with van der Waals surface area (Å²) in [6.45, 7) is 10.6. The van der Waals surface area contributed by atoms with Crippen molar-refractivity contribution in [2.45, 2.75) is 65.9 Å². The number of carbonyl (C=O) groups is 3. The summed E-state index contributed by atoms with van der Waals surface area (Å²) in [6, 6.07) is 1.81. The Kier molecular flexibility index (Phi) is 8.07. The molecule has 0 saturated carbocycles. The van der Waals surface area contributed by atoms with Gasteiger partial charge in [-0.15, -0.1) is 11.3 Å². The summed E-state index contributed by atoms with van der Waals surface area (Å²) in [5.41, 5.74) is -0.121. The zero-order valence-corrected chi connectivity index (χ0v) is 18.8. The van der Waals surface area contributed by atoms with E-state index in [1.165, 1.54) is 11.3 Å². The Morgan fingerprint density at radius 2 is 1.86 bits per heavy atom. The number of likely N-dealkylation sites (tertiary alicyclic amines) is 1. The monoisotopic (exact) mass is 424 g/mol. The molecule has 8 heteroatoms. The fourth-order valence-corrected chi connectivity index (χ4v) is 4.28. The third-order valence-electron chi connectivity index (χ3n) is 4.53. The molecular formula is C21H32N2O5S. The smallest absolute Gasteiger partial charge is 0.410 e. The predicted molar refractivity (Wildman–Crippen MR) is 113 cm³/mol. The van der Waals surface area contributed by atoms with Crippen LogP contribution in [0.15, 0.2) is 6.07 Å². The Morgan fingerprint density at radius 1 is 1.21 bits per heavy atom. The molecule has 162 valence electrons. The summed E-state index contributed by atoms with van der Waals surface area (Å²) < 4.78 is 10.5. The Bertz CT molecular complexity index is 730. The summed E-state index contributed by atoms with van der Waals surface area (Å²) in [4.78, 5) is 39.9. The molecule has 0 spiro atoms. The standard InChI is InChI=1S/C21H32N2O5S/c1-6-8-15-13-16(19(25)27-7-2)18(29-15)22-17(24)14-9-11-23(12-10-14)20(26)28-21(3,4)5/h13-14H,6-12H2,1-5H3,(H,22,24). The summed E-state index contributed by atoms with van der Waals surface area (Å²) in [5, 5.41) is 3.47. The lowest BCUT2D eigenvalue weighted by Gasteiger charge is -2.32. The Hall–Kier alpha value is -2.09. The first-order valence-electron chi connectivity index (χ1n) is 10.2. The fraction of sp³-hybridized carbons (Fsp3) is 0.667. The molecule has 0 unspecified atom stereocenters. The van der Waals surface area contributed by atoms with Crippen LogP contribution in [0.1, 0.15) is 69.1 Å². The molecule has 1 fully saturated rings. The Labute approximate surface area is 176 Å². The lowest BCUT2D eigenvalue weighted by Crippen LogP contribution is -2.43. The third-order valence-corrected chi connectivity index (χ3v) is 5.64. The summed E-state index contributed by atoms with van der Waals surface area (Å²) in [6.07, 6.45) is 2.59. The van der Waals surface area contributed by atoms with Gasteiger partial charge in [-0.05, 0) is 53.0 Å². The van der Waals surface area contributed by atoms with E-state index in [-0.39, 0.29) is 24.5 Å². The largest absolute Gasteiger partial charge is 0.462 e. The minimum Gasteiger partial charge on any atom is -0.462 e. The molecule has 29 heavy (non-hydrogen) atoms. The average Bonchev–Trinajstić information content (AvgIpc) is 3.03. The van der Waals surface area contributed by atoms with Crippen molar-refractivity contribution >= 4 is 34.3 Å². The number of nitrogens with zero attached hydrogens (tertiary/aromatic N) is 1. The van der Waals surface area contributed by atoms with Crippen LogP contribution in [0.3, 0.4) is 0 Å². The average molecular weight is 425 g/mol. The Morgan fingerprint density at radius 3 is 2.41 bits per heavy atom. The third kappa shape index (κ3) is 6.73. The first kappa shape index (κ1) is 23.2. The SMILES string of the molecule is CCCc1cc(C(=O)OCC)c(NC(=O)C2CCN(C(=O)OC(C)(C)C)CC2)s1. The lowest BCUT2D eigenvalue weighted by molar-refractivity contribution is -0.121. The predicted octanol–water partition coefficient (Wildman–Crippen LogP) is 4.46. The van der Waals surface area contributed by atoms with E-state index >= 15 is 0 Å². The normalized spacial score (nSPS) is 15.1. The van der Waals surface area contributed by atoms with Gasteiger partial charge in [-0.3, -0.25) is 4.79 Å². The number of amides is 2. The van der Waals surface area contributed by atoms with Gasteiger partial charge in [0.25, 0.3) is 0 Å². The molecule has 2 amide bonds. The van der Waals surface area contributed by atoms with Gasteiger partial charge in [0, 0.05) is 23.9 Å². The van der Waals surface area contributed by atoms with Crippen LogP contribution < -0.4 is 5.32 Å².